The van der Waals surface area contributed by atoms with Crippen LogP contribution in [-0.2, 0) is 18.3 Å². The van der Waals surface area contributed by atoms with Crippen molar-refractivity contribution < 1.29 is 9.53 Å². The minimum absolute atomic E-state index is 0.153. The van der Waals surface area contributed by atoms with Crippen molar-refractivity contribution in [2.45, 2.75) is 19.4 Å². The van der Waals surface area contributed by atoms with Crippen molar-refractivity contribution in [3.8, 4) is 0 Å². The van der Waals surface area contributed by atoms with Crippen molar-refractivity contribution in [2.24, 2.45) is 12.5 Å². The monoisotopic (exact) mass is 332 g/mol. The van der Waals surface area contributed by atoms with Crippen molar-refractivity contribution >= 4 is 17.1 Å². The molecule has 1 saturated carbocycles. The lowest BCUT2D eigenvalue weighted by molar-refractivity contribution is 0.115. The van der Waals surface area contributed by atoms with Crippen LogP contribution in [0.1, 0.15) is 18.7 Å². The molecule has 2 fully saturated rings. The van der Waals surface area contributed by atoms with Gasteiger partial charge in [0.15, 0.2) is 5.65 Å². The largest absolute Gasteiger partial charge is 0.379 e. The third-order valence-corrected chi connectivity index (χ3v) is 4.74. The third-order valence-electron chi connectivity index (χ3n) is 4.74. The van der Waals surface area contributed by atoms with E-state index in [1.807, 2.05) is 0 Å². The lowest BCUT2D eigenvalue weighted by Gasteiger charge is -2.23. The third kappa shape index (κ3) is 2.75. The number of rotatable bonds is 2. The van der Waals surface area contributed by atoms with Crippen molar-refractivity contribution in [1.82, 2.24) is 30.0 Å². The molecule has 1 aliphatic carbocycles. The Labute approximate surface area is 138 Å². The van der Waals surface area contributed by atoms with Crippen LogP contribution in [0.2, 0.25) is 0 Å². The quantitative estimate of drug-likeness (QED) is 0.804. The lowest BCUT2D eigenvalue weighted by atomic mass is 10.1. The molecule has 0 aromatic carbocycles. The molecule has 0 unspecified atom stereocenters. The number of aromatic amines is 1. The second-order valence-corrected chi connectivity index (χ2v) is 6.65. The summed E-state index contributed by atoms with van der Waals surface area (Å²) in [6.45, 7) is 2.77. The number of fused-ring (bicyclic) bond motifs is 1. The molecule has 1 spiro atoms. The van der Waals surface area contributed by atoms with Crippen LogP contribution < -0.4 is 10.9 Å². The second kappa shape index (κ2) is 5.59. The zero-order valence-corrected chi connectivity index (χ0v) is 13.5. The lowest BCUT2D eigenvalue weighted by Crippen LogP contribution is -2.43. The van der Waals surface area contributed by atoms with E-state index in [1.165, 1.54) is 6.20 Å². The number of aryl methyl sites for hydroxylation is 1. The molecule has 1 aliphatic heterocycles. The van der Waals surface area contributed by atoms with E-state index in [-0.39, 0.29) is 23.6 Å². The van der Waals surface area contributed by atoms with Gasteiger partial charge in [-0.1, -0.05) is 0 Å². The molecule has 24 heavy (non-hydrogen) atoms. The van der Waals surface area contributed by atoms with Gasteiger partial charge in [0.2, 0.25) is 0 Å². The van der Waals surface area contributed by atoms with Crippen LogP contribution in [0.5, 0.6) is 0 Å². The first-order valence-electron chi connectivity index (χ1n) is 8.08. The summed E-state index contributed by atoms with van der Waals surface area (Å²) in [7, 11) is 1.73. The van der Waals surface area contributed by atoms with Gasteiger partial charge in [0.05, 0.1) is 26.0 Å². The Morgan fingerprint density at radius 1 is 1.50 bits per heavy atom. The molecule has 2 aliphatic rings. The summed E-state index contributed by atoms with van der Waals surface area (Å²) in [6.07, 6.45) is 3.71. The van der Waals surface area contributed by atoms with Crippen molar-refractivity contribution in [1.29, 1.82) is 0 Å². The number of hydrogen-bond acceptors (Lipinski definition) is 5. The van der Waals surface area contributed by atoms with Gasteiger partial charge in [0, 0.05) is 25.6 Å². The topological polar surface area (TPSA) is 105 Å². The van der Waals surface area contributed by atoms with Crippen LogP contribution in [0.4, 0.5) is 4.79 Å². The van der Waals surface area contributed by atoms with E-state index in [1.54, 1.807) is 16.6 Å². The average molecular weight is 332 g/mol. The molecule has 9 heteroatoms. The molecule has 1 saturated heterocycles. The summed E-state index contributed by atoms with van der Waals surface area (Å²) in [5, 5.41) is 7.30. The van der Waals surface area contributed by atoms with Gasteiger partial charge in [-0.3, -0.25) is 9.48 Å². The Balaban J connectivity index is 1.45. The van der Waals surface area contributed by atoms with Gasteiger partial charge < -0.3 is 19.9 Å². The summed E-state index contributed by atoms with van der Waals surface area (Å²) < 4.78 is 7.13. The molecule has 2 aromatic rings. The first kappa shape index (κ1) is 15.1. The molecule has 4 rings (SSSR count). The van der Waals surface area contributed by atoms with Crippen LogP contribution in [0.25, 0.3) is 11.0 Å². The van der Waals surface area contributed by atoms with E-state index >= 15 is 0 Å². The van der Waals surface area contributed by atoms with Crippen LogP contribution in [0, 0.1) is 5.41 Å². The number of carbonyl (C=O) groups excluding carboxylic acids is 1. The van der Waals surface area contributed by atoms with E-state index < -0.39 is 0 Å². The number of nitrogens with one attached hydrogen (secondary N) is 2. The van der Waals surface area contributed by atoms with Crippen LogP contribution in [0.15, 0.2) is 11.0 Å². The summed E-state index contributed by atoms with van der Waals surface area (Å²) in [6, 6.07) is -0.153. The molecule has 2 aromatic heterocycles. The van der Waals surface area contributed by atoms with Gasteiger partial charge in [0.1, 0.15) is 11.2 Å². The predicted molar refractivity (Wildman–Crippen MR) is 85.4 cm³/mol. The molecule has 0 atom stereocenters. The normalized spacial score (nSPS) is 19.5. The highest BCUT2D eigenvalue weighted by Gasteiger charge is 2.46. The Hall–Kier alpha value is -2.42. The molecule has 0 bridgehead atoms. The number of urea groups is 1. The minimum Gasteiger partial charge on any atom is -0.379 e. The summed E-state index contributed by atoms with van der Waals surface area (Å²) in [5.41, 5.74) is 0.411. The van der Waals surface area contributed by atoms with Gasteiger partial charge in [0.25, 0.3) is 5.56 Å². The number of aromatic nitrogens is 4. The van der Waals surface area contributed by atoms with E-state index in [0.29, 0.717) is 30.0 Å². The Morgan fingerprint density at radius 2 is 2.33 bits per heavy atom. The average Bonchev–Trinajstić information content (AvgIpc) is 3.29. The number of ether oxygens (including phenoxy) is 1. The Morgan fingerprint density at radius 3 is 3.12 bits per heavy atom. The van der Waals surface area contributed by atoms with Crippen LogP contribution in [-0.4, -0.2) is 57.0 Å². The molecular weight excluding hydrogens is 312 g/mol. The molecule has 2 amide bonds. The highest BCUT2D eigenvalue weighted by molar-refractivity contribution is 5.75. The van der Waals surface area contributed by atoms with Crippen LogP contribution >= 0.6 is 0 Å². The number of H-pyrrole nitrogens is 1. The van der Waals surface area contributed by atoms with Gasteiger partial charge >= 0.3 is 6.03 Å². The fourth-order valence-electron chi connectivity index (χ4n) is 3.08. The zero-order chi connectivity index (χ0) is 16.7. The minimum atomic E-state index is -0.252. The number of carbonyl (C=O) groups is 1. The summed E-state index contributed by atoms with van der Waals surface area (Å²) in [5.74, 6) is 0.414. The fraction of sp³-hybridized carbons (Fsp3) is 0.600. The second-order valence-electron chi connectivity index (χ2n) is 6.65. The number of amides is 2. The van der Waals surface area contributed by atoms with Gasteiger partial charge in [-0.25, -0.2) is 9.78 Å². The summed E-state index contributed by atoms with van der Waals surface area (Å²) in [4.78, 5) is 33.3. The van der Waals surface area contributed by atoms with Gasteiger partial charge in [-0.2, -0.15) is 5.10 Å². The van der Waals surface area contributed by atoms with Crippen molar-refractivity contribution in [2.75, 3.05) is 26.3 Å². The van der Waals surface area contributed by atoms with Crippen molar-refractivity contribution in [3.63, 3.8) is 0 Å². The van der Waals surface area contributed by atoms with Gasteiger partial charge in [-0.15, -0.1) is 0 Å². The van der Waals surface area contributed by atoms with Gasteiger partial charge in [-0.05, 0) is 12.8 Å². The maximum absolute atomic E-state index is 12.4. The van der Waals surface area contributed by atoms with E-state index in [9.17, 15) is 9.59 Å². The zero-order valence-electron chi connectivity index (χ0n) is 13.5. The maximum Gasteiger partial charge on any atom is 0.317 e. The molecule has 9 nitrogen and oxygen atoms in total. The smallest absolute Gasteiger partial charge is 0.317 e. The first-order chi connectivity index (χ1) is 11.6. The molecule has 128 valence electrons. The number of hydrogen-bond donors (Lipinski definition) is 2. The SMILES string of the molecule is Cn1ncc2c(=O)[nH]c(CNC(=O)N3CCOCC4(CC4)C3)nc21. The van der Waals surface area contributed by atoms with E-state index in [4.69, 9.17) is 4.74 Å². The molecule has 3 heterocycles. The van der Waals surface area contributed by atoms with E-state index in [2.05, 4.69) is 20.4 Å². The van der Waals surface area contributed by atoms with E-state index in [0.717, 1.165) is 26.0 Å². The number of nitrogens with zero attached hydrogens (tertiary/aromatic N) is 4. The molecular formula is C15H20N6O3. The van der Waals surface area contributed by atoms with Crippen molar-refractivity contribution in [3.05, 3.63) is 22.4 Å². The standard InChI is InChI=1S/C15H20N6O3/c1-20-12-10(6-17-20)13(22)19-11(18-12)7-16-14(23)21-4-5-24-9-15(8-21)2-3-15/h6H,2-5,7-9H2,1H3,(H,16,23)(H,18,19,22). The Bertz CT molecular complexity index is 837. The highest BCUT2D eigenvalue weighted by Crippen LogP contribution is 2.47. The highest BCUT2D eigenvalue weighted by atomic mass is 16.5. The summed E-state index contributed by atoms with van der Waals surface area (Å²) >= 11 is 0. The molecule has 2 N–H and O–H groups in total. The fourth-order valence-corrected chi connectivity index (χ4v) is 3.08. The Kier molecular flexibility index (Phi) is 3.52. The first-order valence-corrected chi connectivity index (χ1v) is 8.08. The molecule has 0 radical (unpaired) electrons. The maximum atomic E-state index is 12.4. The van der Waals surface area contributed by atoms with Crippen LogP contribution in [0.3, 0.4) is 0 Å². The predicted octanol–water partition coefficient (Wildman–Crippen LogP) is -0.0214.